The summed E-state index contributed by atoms with van der Waals surface area (Å²) in [5.41, 5.74) is 4.67. The third-order valence-electron chi connectivity index (χ3n) is 2.67. The molecule has 3 N–H and O–H groups in total. The standard InChI is InChI=1S/C14H12F3NO2/c15-14(16,17)13(18)11-8-10(6-7-12(11)19)20-9-4-2-1-3-5-9/h1-8,13,19H,18H2/t13-/m1/s1. The number of benzene rings is 2. The second-order valence-corrected chi connectivity index (χ2v) is 4.16. The Balaban J connectivity index is 2.29. The zero-order valence-corrected chi connectivity index (χ0v) is 10.3. The monoisotopic (exact) mass is 283 g/mol. The van der Waals surface area contributed by atoms with Gasteiger partial charge >= 0.3 is 6.18 Å². The van der Waals surface area contributed by atoms with E-state index in [9.17, 15) is 18.3 Å². The molecule has 0 aliphatic rings. The largest absolute Gasteiger partial charge is 0.508 e. The number of alkyl halides is 3. The number of hydrogen-bond donors (Lipinski definition) is 2. The summed E-state index contributed by atoms with van der Waals surface area (Å²) >= 11 is 0. The Labute approximate surface area is 113 Å². The fourth-order valence-corrected chi connectivity index (χ4v) is 1.65. The summed E-state index contributed by atoms with van der Waals surface area (Å²) in [4.78, 5) is 0. The van der Waals surface area contributed by atoms with Crippen LogP contribution < -0.4 is 10.5 Å². The molecule has 0 amide bonds. The van der Waals surface area contributed by atoms with E-state index in [1.54, 1.807) is 30.3 Å². The first-order chi connectivity index (χ1) is 9.38. The lowest BCUT2D eigenvalue weighted by atomic mass is 10.1. The normalized spacial score (nSPS) is 13.0. The molecule has 0 aliphatic heterocycles. The molecule has 3 nitrogen and oxygen atoms in total. The predicted octanol–water partition coefficient (Wildman–Crippen LogP) is 3.75. The van der Waals surface area contributed by atoms with Gasteiger partial charge in [0.1, 0.15) is 23.3 Å². The minimum absolute atomic E-state index is 0.170. The molecule has 0 aliphatic carbocycles. The van der Waals surface area contributed by atoms with E-state index in [-0.39, 0.29) is 5.75 Å². The van der Waals surface area contributed by atoms with E-state index < -0.39 is 23.5 Å². The van der Waals surface area contributed by atoms with Crippen molar-refractivity contribution in [3.8, 4) is 17.2 Å². The minimum Gasteiger partial charge on any atom is -0.508 e. The van der Waals surface area contributed by atoms with Crippen LogP contribution in [0.25, 0.3) is 0 Å². The van der Waals surface area contributed by atoms with Crippen molar-refractivity contribution in [3.63, 3.8) is 0 Å². The van der Waals surface area contributed by atoms with Gasteiger partial charge in [-0.1, -0.05) is 18.2 Å². The SMILES string of the molecule is N[C@H](c1cc(Oc2ccccc2)ccc1O)C(F)(F)F. The first-order valence-corrected chi connectivity index (χ1v) is 5.76. The zero-order valence-electron chi connectivity index (χ0n) is 10.3. The lowest BCUT2D eigenvalue weighted by molar-refractivity contribution is -0.149. The quantitative estimate of drug-likeness (QED) is 0.902. The first-order valence-electron chi connectivity index (χ1n) is 5.76. The van der Waals surface area contributed by atoms with Crippen LogP contribution in [0.3, 0.4) is 0 Å². The zero-order chi connectivity index (χ0) is 14.8. The molecule has 6 heteroatoms. The number of rotatable bonds is 3. The number of para-hydroxylation sites is 1. The van der Waals surface area contributed by atoms with Gasteiger partial charge in [-0.25, -0.2) is 0 Å². The molecule has 0 spiro atoms. The van der Waals surface area contributed by atoms with Gasteiger partial charge in [0.25, 0.3) is 0 Å². The summed E-state index contributed by atoms with van der Waals surface area (Å²) < 4.78 is 43.2. The van der Waals surface area contributed by atoms with E-state index in [2.05, 4.69) is 0 Å². The number of hydrogen-bond acceptors (Lipinski definition) is 3. The molecule has 2 rings (SSSR count). The van der Waals surface area contributed by atoms with Gasteiger partial charge in [-0.05, 0) is 30.3 Å². The van der Waals surface area contributed by atoms with Crippen LogP contribution in [0, 0.1) is 0 Å². The molecule has 0 heterocycles. The molecule has 0 saturated heterocycles. The van der Waals surface area contributed by atoms with Gasteiger partial charge in [0.15, 0.2) is 0 Å². The molecule has 0 radical (unpaired) electrons. The molecule has 0 unspecified atom stereocenters. The van der Waals surface area contributed by atoms with Crippen molar-refractivity contribution in [1.29, 1.82) is 0 Å². The molecule has 106 valence electrons. The van der Waals surface area contributed by atoms with E-state index in [0.717, 1.165) is 12.1 Å². The van der Waals surface area contributed by atoms with Crippen molar-refractivity contribution in [3.05, 3.63) is 54.1 Å². The van der Waals surface area contributed by atoms with Gasteiger partial charge in [0, 0.05) is 5.56 Å². The number of nitrogens with two attached hydrogens (primary N) is 1. The lowest BCUT2D eigenvalue weighted by Crippen LogP contribution is -2.28. The minimum atomic E-state index is -4.64. The first kappa shape index (κ1) is 14.2. The fourth-order valence-electron chi connectivity index (χ4n) is 1.65. The Kier molecular flexibility index (Phi) is 3.85. The van der Waals surface area contributed by atoms with Crippen LogP contribution in [-0.4, -0.2) is 11.3 Å². The summed E-state index contributed by atoms with van der Waals surface area (Å²) in [5, 5.41) is 9.50. The van der Waals surface area contributed by atoms with Crippen LogP contribution in [-0.2, 0) is 0 Å². The third kappa shape index (κ3) is 3.21. The second-order valence-electron chi connectivity index (χ2n) is 4.16. The highest BCUT2D eigenvalue weighted by Gasteiger charge is 2.39. The number of halogens is 3. The van der Waals surface area contributed by atoms with E-state index in [4.69, 9.17) is 10.5 Å². The van der Waals surface area contributed by atoms with Crippen LogP contribution in [0.15, 0.2) is 48.5 Å². The van der Waals surface area contributed by atoms with E-state index in [1.165, 1.54) is 6.07 Å². The molecule has 1 atom stereocenters. The lowest BCUT2D eigenvalue weighted by Gasteiger charge is -2.18. The van der Waals surface area contributed by atoms with Gasteiger partial charge in [0.05, 0.1) is 0 Å². The van der Waals surface area contributed by atoms with E-state index in [1.807, 2.05) is 0 Å². The number of phenols is 1. The third-order valence-corrected chi connectivity index (χ3v) is 2.67. The van der Waals surface area contributed by atoms with Gasteiger partial charge in [0.2, 0.25) is 0 Å². The Morgan fingerprint density at radius 1 is 1.00 bits per heavy atom. The topological polar surface area (TPSA) is 55.5 Å². The summed E-state index contributed by atoms with van der Waals surface area (Å²) in [6.45, 7) is 0. The Morgan fingerprint density at radius 2 is 1.65 bits per heavy atom. The molecule has 2 aromatic rings. The van der Waals surface area contributed by atoms with Crippen molar-refractivity contribution in [2.45, 2.75) is 12.2 Å². The summed E-state index contributed by atoms with van der Waals surface area (Å²) in [5.74, 6) is 0.128. The fraction of sp³-hybridized carbons (Fsp3) is 0.143. The molecule has 2 aromatic carbocycles. The van der Waals surface area contributed by atoms with E-state index >= 15 is 0 Å². The highest BCUT2D eigenvalue weighted by molar-refractivity contribution is 5.43. The van der Waals surface area contributed by atoms with Crippen molar-refractivity contribution in [1.82, 2.24) is 0 Å². The molecule has 0 bridgehead atoms. The summed E-state index contributed by atoms with van der Waals surface area (Å²) in [6.07, 6.45) is -4.64. The van der Waals surface area contributed by atoms with Crippen molar-refractivity contribution < 1.29 is 23.0 Å². The number of phenolic OH excluding ortho intramolecular Hbond substituents is 1. The van der Waals surface area contributed by atoms with E-state index in [0.29, 0.717) is 5.75 Å². The molecule has 20 heavy (non-hydrogen) atoms. The maximum Gasteiger partial charge on any atom is 0.407 e. The van der Waals surface area contributed by atoms with Crippen LogP contribution in [0.5, 0.6) is 17.2 Å². The Hall–Kier alpha value is -2.21. The van der Waals surface area contributed by atoms with Gasteiger partial charge in [-0.2, -0.15) is 13.2 Å². The molecular formula is C14H12F3NO2. The van der Waals surface area contributed by atoms with Gasteiger partial charge in [-0.15, -0.1) is 0 Å². The summed E-state index contributed by atoms with van der Waals surface area (Å²) in [7, 11) is 0. The maximum absolute atomic E-state index is 12.6. The van der Waals surface area contributed by atoms with Crippen LogP contribution in [0.2, 0.25) is 0 Å². The predicted molar refractivity (Wildman–Crippen MR) is 67.6 cm³/mol. The van der Waals surface area contributed by atoms with Crippen molar-refractivity contribution >= 4 is 0 Å². The highest BCUT2D eigenvalue weighted by Crippen LogP contribution is 2.37. The number of ether oxygens (including phenoxy) is 1. The average Bonchev–Trinajstić information content (AvgIpc) is 2.40. The number of aromatic hydroxyl groups is 1. The highest BCUT2D eigenvalue weighted by atomic mass is 19.4. The van der Waals surface area contributed by atoms with Crippen molar-refractivity contribution in [2.24, 2.45) is 5.73 Å². The maximum atomic E-state index is 12.6. The average molecular weight is 283 g/mol. The van der Waals surface area contributed by atoms with Gasteiger partial charge in [-0.3, -0.25) is 0 Å². The molecule has 0 aromatic heterocycles. The molecular weight excluding hydrogens is 271 g/mol. The Bertz CT molecular complexity index is 585. The second kappa shape index (κ2) is 5.42. The molecule has 0 saturated carbocycles. The van der Waals surface area contributed by atoms with Crippen LogP contribution in [0.4, 0.5) is 13.2 Å². The Morgan fingerprint density at radius 3 is 2.25 bits per heavy atom. The van der Waals surface area contributed by atoms with Gasteiger partial charge < -0.3 is 15.6 Å². The molecule has 0 fully saturated rings. The van der Waals surface area contributed by atoms with Crippen molar-refractivity contribution in [2.75, 3.05) is 0 Å². The summed E-state index contributed by atoms with van der Waals surface area (Å²) in [6, 6.07) is 9.90. The van der Waals surface area contributed by atoms with Crippen LogP contribution in [0.1, 0.15) is 11.6 Å². The smallest absolute Gasteiger partial charge is 0.407 e. The van der Waals surface area contributed by atoms with Crippen LogP contribution >= 0.6 is 0 Å².